The zero-order chi connectivity index (χ0) is 16.2. The van der Waals surface area contributed by atoms with Crippen LogP contribution >= 0.6 is 15.9 Å². The molecule has 23 heavy (non-hydrogen) atoms. The highest BCUT2D eigenvalue weighted by Gasteiger charge is 2.05. The zero-order valence-electron chi connectivity index (χ0n) is 12.0. The van der Waals surface area contributed by atoms with Gasteiger partial charge in [-0.2, -0.15) is 5.10 Å². The number of benzene rings is 3. The minimum Gasteiger partial charge on any atom is -0.267 e. The van der Waals surface area contributed by atoms with Gasteiger partial charge in [0.25, 0.3) is 5.91 Å². The van der Waals surface area contributed by atoms with Crippen LogP contribution in [0.5, 0.6) is 0 Å². The highest BCUT2D eigenvalue weighted by molar-refractivity contribution is 9.10. The minimum absolute atomic E-state index is 0.298. The first kappa shape index (κ1) is 15.4. The lowest BCUT2D eigenvalue weighted by Crippen LogP contribution is -2.17. The van der Waals surface area contributed by atoms with E-state index in [1.165, 1.54) is 12.3 Å². The Morgan fingerprint density at radius 3 is 2.61 bits per heavy atom. The predicted octanol–water partition coefficient (Wildman–Crippen LogP) is 4.51. The Kier molecular flexibility index (Phi) is 4.48. The van der Waals surface area contributed by atoms with E-state index in [0.717, 1.165) is 10.8 Å². The second-order valence-electron chi connectivity index (χ2n) is 4.93. The van der Waals surface area contributed by atoms with Crippen LogP contribution in [0.1, 0.15) is 15.9 Å². The van der Waals surface area contributed by atoms with Crippen LogP contribution in [0.15, 0.2) is 70.2 Å². The Labute approximate surface area is 141 Å². The second-order valence-corrected chi connectivity index (χ2v) is 5.79. The van der Waals surface area contributed by atoms with E-state index in [4.69, 9.17) is 0 Å². The largest absolute Gasteiger partial charge is 0.271 e. The maximum Gasteiger partial charge on any atom is 0.271 e. The van der Waals surface area contributed by atoms with Crippen LogP contribution in [-0.4, -0.2) is 12.1 Å². The summed E-state index contributed by atoms with van der Waals surface area (Å²) in [5.41, 5.74) is 3.67. The normalized spacial score (nSPS) is 11.0. The fraction of sp³-hybridized carbons (Fsp3) is 0. The van der Waals surface area contributed by atoms with E-state index < -0.39 is 0 Å². The summed E-state index contributed by atoms with van der Waals surface area (Å²) in [7, 11) is 0. The molecule has 0 unspecified atom stereocenters. The standard InChI is InChI=1S/C18H12BrFN2O/c19-16-9-12(5-8-17(16)20)11-21-22-18(23)15-7-6-13-3-1-2-4-14(13)10-15/h1-11H,(H,22,23). The molecule has 0 aliphatic rings. The number of nitrogens with zero attached hydrogens (tertiary/aromatic N) is 1. The number of carbonyl (C=O) groups is 1. The maximum absolute atomic E-state index is 13.1. The van der Waals surface area contributed by atoms with Crippen molar-refractivity contribution in [1.29, 1.82) is 0 Å². The molecule has 3 aromatic rings. The molecular weight excluding hydrogens is 359 g/mol. The number of fused-ring (bicyclic) bond motifs is 1. The van der Waals surface area contributed by atoms with Crippen molar-refractivity contribution >= 4 is 38.8 Å². The van der Waals surface area contributed by atoms with Crippen molar-refractivity contribution in [3.05, 3.63) is 82.1 Å². The molecule has 3 rings (SSSR count). The van der Waals surface area contributed by atoms with E-state index in [2.05, 4.69) is 26.5 Å². The van der Waals surface area contributed by atoms with Crippen molar-refractivity contribution in [3.8, 4) is 0 Å². The number of hydrogen-bond acceptors (Lipinski definition) is 2. The Bertz CT molecular complexity index is 908. The molecule has 3 nitrogen and oxygen atoms in total. The summed E-state index contributed by atoms with van der Waals surface area (Å²) in [6.45, 7) is 0. The number of carbonyl (C=O) groups excluding carboxylic acids is 1. The van der Waals surface area contributed by atoms with Gasteiger partial charge >= 0.3 is 0 Å². The minimum atomic E-state index is -0.345. The van der Waals surface area contributed by atoms with Gasteiger partial charge in [-0.25, -0.2) is 9.82 Å². The number of hydrazone groups is 1. The summed E-state index contributed by atoms with van der Waals surface area (Å²) in [4.78, 5) is 12.1. The maximum atomic E-state index is 13.1. The van der Waals surface area contributed by atoms with Crippen LogP contribution in [0.3, 0.4) is 0 Å². The lowest BCUT2D eigenvalue weighted by Gasteiger charge is -2.02. The second kappa shape index (κ2) is 6.71. The Morgan fingerprint density at radius 2 is 1.83 bits per heavy atom. The van der Waals surface area contributed by atoms with Gasteiger partial charge in [-0.3, -0.25) is 4.79 Å². The molecular formula is C18H12BrFN2O. The first-order valence-electron chi connectivity index (χ1n) is 6.91. The molecule has 0 saturated carbocycles. The lowest BCUT2D eigenvalue weighted by atomic mass is 10.1. The van der Waals surface area contributed by atoms with Gasteiger partial charge in [0.15, 0.2) is 0 Å². The quantitative estimate of drug-likeness (QED) is 0.534. The molecule has 0 atom stereocenters. The van der Waals surface area contributed by atoms with Crippen molar-refractivity contribution in [2.75, 3.05) is 0 Å². The van der Waals surface area contributed by atoms with Gasteiger partial charge in [0.2, 0.25) is 0 Å². The van der Waals surface area contributed by atoms with E-state index in [-0.39, 0.29) is 11.7 Å². The van der Waals surface area contributed by atoms with E-state index in [0.29, 0.717) is 15.6 Å². The van der Waals surface area contributed by atoms with Gasteiger partial charge in [0, 0.05) is 5.56 Å². The van der Waals surface area contributed by atoms with Crippen LogP contribution < -0.4 is 5.43 Å². The molecule has 0 aromatic heterocycles. The molecule has 0 saturated heterocycles. The van der Waals surface area contributed by atoms with Gasteiger partial charge in [-0.15, -0.1) is 0 Å². The molecule has 0 aliphatic carbocycles. The predicted molar refractivity (Wildman–Crippen MR) is 93.1 cm³/mol. The number of halogens is 2. The van der Waals surface area contributed by atoms with Crippen LogP contribution in [-0.2, 0) is 0 Å². The topological polar surface area (TPSA) is 41.5 Å². The summed E-state index contributed by atoms with van der Waals surface area (Å²) in [5.74, 6) is -0.643. The molecule has 3 aromatic carbocycles. The van der Waals surface area contributed by atoms with E-state index in [1.54, 1.807) is 18.2 Å². The van der Waals surface area contributed by atoms with Crippen molar-refractivity contribution in [3.63, 3.8) is 0 Å². The number of amides is 1. The number of rotatable bonds is 3. The molecule has 1 amide bonds. The molecule has 0 fully saturated rings. The summed E-state index contributed by atoms with van der Waals surface area (Å²) in [6, 6.07) is 17.8. The molecule has 0 radical (unpaired) electrons. The van der Waals surface area contributed by atoms with Gasteiger partial charge < -0.3 is 0 Å². The zero-order valence-corrected chi connectivity index (χ0v) is 13.5. The molecule has 0 spiro atoms. The summed E-state index contributed by atoms with van der Waals surface area (Å²) >= 11 is 3.10. The van der Waals surface area contributed by atoms with Crippen molar-refractivity contribution in [2.45, 2.75) is 0 Å². The van der Waals surface area contributed by atoms with Crippen molar-refractivity contribution < 1.29 is 9.18 Å². The SMILES string of the molecule is O=C(NN=Cc1ccc(F)c(Br)c1)c1ccc2ccccc2c1. The van der Waals surface area contributed by atoms with Gasteiger partial charge in [-0.05, 0) is 56.5 Å². The monoisotopic (exact) mass is 370 g/mol. The van der Waals surface area contributed by atoms with Gasteiger partial charge in [-0.1, -0.05) is 36.4 Å². The smallest absolute Gasteiger partial charge is 0.267 e. The third-order valence-electron chi connectivity index (χ3n) is 3.34. The molecule has 1 N–H and O–H groups in total. The van der Waals surface area contributed by atoms with E-state index in [1.807, 2.05) is 36.4 Å². The highest BCUT2D eigenvalue weighted by atomic mass is 79.9. The van der Waals surface area contributed by atoms with Crippen LogP contribution in [0.25, 0.3) is 10.8 Å². The van der Waals surface area contributed by atoms with Gasteiger partial charge in [0.1, 0.15) is 5.82 Å². The lowest BCUT2D eigenvalue weighted by molar-refractivity contribution is 0.0955. The molecule has 114 valence electrons. The first-order chi connectivity index (χ1) is 11.1. The molecule has 0 aliphatic heterocycles. The Balaban J connectivity index is 1.72. The number of hydrogen-bond donors (Lipinski definition) is 1. The number of nitrogens with one attached hydrogen (secondary N) is 1. The average molecular weight is 371 g/mol. The third kappa shape index (κ3) is 3.63. The summed E-state index contributed by atoms with van der Waals surface area (Å²) in [6.07, 6.45) is 1.46. The van der Waals surface area contributed by atoms with Gasteiger partial charge in [0.05, 0.1) is 10.7 Å². The highest BCUT2D eigenvalue weighted by Crippen LogP contribution is 2.16. The molecule has 0 bridgehead atoms. The van der Waals surface area contributed by atoms with E-state index in [9.17, 15) is 9.18 Å². The third-order valence-corrected chi connectivity index (χ3v) is 3.94. The fourth-order valence-corrected chi connectivity index (χ4v) is 2.55. The van der Waals surface area contributed by atoms with Crippen LogP contribution in [0, 0.1) is 5.82 Å². The van der Waals surface area contributed by atoms with E-state index >= 15 is 0 Å². The van der Waals surface area contributed by atoms with Crippen molar-refractivity contribution in [2.24, 2.45) is 5.10 Å². The summed E-state index contributed by atoms with van der Waals surface area (Å²) < 4.78 is 13.5. The van der Waals surface area contributed by atoms with Crippen molar-refractivity contribution in [1.82, 2.24) is 5.43 Å². The average Bonchev–Trinajstić information content (AvgIpc) is 2.57. The summed E-state index contributed by atoms with van der Waals surface area (Å²) in [5, 5.41) is 5.97. The first-order valence-corrected chi connectivity index (χ1v) is 7.70. The Hall–Kier alpha value is -2.53. The van der Waals surface area contributed by atoms with Crippen LogP contribution in [0.4, 0.5) is 4.39 Å². The van der Waals surface area contributed by atoms with Crippen LogP contribution in [0.2, 0.25) is 0 Å². The molecule has 5 heteroatoms. The fourth-order valence-electron chi connectivity index (χ4n) is 2.15. The Morgan fingerprint density at radius 1 is 1.04 bits per heavy atom. The molecule has 0 heterocycles.